The first-order chi connectivity index (χ1) is 14.6. The van der Waals surface area contributed by atoms with Gasteiger partial charge >= 0.3 is 5.97 Å². The number of halogens is 1. The predicted octanol–water partition coefficient (Wildman–Crippen LogP) is 6.63. The number of carboxylic acids is 1. The maximum Gasteiger partial charge on any atom is 0.335 e. The van der Waals surface area contributed by atoms with E-state index < -0.39 is 5.97 Å². The van der Waals surface area contributed by atoms with Gasteiger partial charge in [-0.05, 0) is 83.2 Å². The molecule has 2 aromatic rings. The topological polar surface area (TPSA) is 75.3 Å². The van der Waals surface area contributed by atoms with Crippen LogP contribution in [-0.4, -0.2) is 17.6 Å². The Balaban J connectivity index is 0.00000289. The summed E-state index contributed by atoms with van der Waals surface area (Å²) in [5.41, 5.74) is 12.6. The van der Waals surface area contributed by atoms with Crippen molar-refractivity contribution in [2.45, 2.75) is 71.1 Å². The molecule has 32 heavy (non-hydrogen) atoms. The molecule has 4 rings (SSSR count). The monoisotopic (exact) mass is 456 g/mol. The number of hydrogen-bond acceptors (Lipinski definition) is 3. The Kier molecular flexibility index (Phi) is 6.86. The van der Waals surface area contributed by atoms with E-state index in [9.17, 15) is 9.90 Å². The van der Waals surface area contributed by atoms with Crippen LogP contribution in [0, 0.1) is 11.3 Å². The third kappa shape index (κ3) is 4.22. The first kappa shape index (κ1) is 24.4. The van der Waals surface area contributed by atoms with Crippen LogP contribution >= 0.6 is 12.4 Å². The van der Waals surface area contributed by atoms with E-state index in [4.69, 9.17) is 5.73 Å². The highest BCUT2D eigenvalue weighted by molar-refractivity contribution is 5.90. The Bertz CT molecular complexity index is 1010. The van der Waals surface area contributed by atoms with Gasteiger partial charge in [-0.3, -0.25) is 0 Å². The van der Waals surface area contributed by atoms with Gasteiger partial charge in [-0.2, -0.15) is 0 Å². The van der Waals surface area contributed by atoms with Gasteiger partial charge in [0, 0.05) is 6.54 Å². The van der Waals surface area contributed by atoms with Gasteiger partial charge in [0.2, 0.25) is 0 Å². The molecule has 2 aromatic carbocycles. The smallest absolute Gasteiger partial charge is 0.335 e. The second-order valence-corrected chi connectivity index (χ2v) is 10.5. The summed E-state index contributed by atoms with van der Waals surface area (Å²) in [6, 6.07) is 12.2. The van der Waals surface area contributed by atoms with Crippen LogP contribution in [0.4, 0.5) is 11.4 Å². The number of carboxylic acid groups (broad SMARTS) is 1. The summed E-state index contributed by atoms with van der Waals surface area (Å²) in [7, 11) is 0. The Morgan fingerprint density at radius 3 is 2.59 bits per heavy atom. The average Bonchev–Trinajstić information content (AvgIpc) is 2.72. The Morgan fingerprint density at radius 1 is 1.19 bits per heavy atom. The minimum atomic E-state index is -0.949. The molecule has 0 saturated heterocycles. The molecule has 2 aliphatic rings. The molecule has 1 saturated carbocycles. The zero-order valence-electron chi connectivity index (χ0n) is 19.7. The fourth-order valence-electron chi connectivity index (χ4n) is 6.37. The van der Waals surface area contributed by atoms with Gasteiger partial charge in [-0.1, -0.05) is 52.3 Å². The van der Waals surface area contributed by atoms with E-state index >= 15 is 0 Å². The van der Waals surface area contributed by atoms with Crippen LogP contribution in [0.25, 0.3) is 0 Å². The third-order valence-electron chi connectivity index (χ3n) is 8.15. The molecule has 0 unspecified atom stereocenters. The van der Waals surface area contributed by atoms with Crippen LogP contribution in [-0.2, 0) is 11.8 Å². The van der Waals surface area contributed by atoms with Gasteiger partial charge < -0.3 is 16.2 Å². The van der Waals surface area contributed by atoms with Crippen LogP contribution in [0.15, 0.2) is 36.4 Å². The number of nitrogen functional groups attached to an aromatic ring is 1. The minimum Gasteiger partial charge on any atom is -0.478 e. The number of rotatable bonds is 5. The van der Waals surface area contributed by atoms with Crippen molar-refractivity contribution >= 4 is 29.8 Å². The SMILES string of the molecule is CC(C)c1ccc2c(c1)CC[C@H]1[C@@](C)(CNc3ccc(C(=O)O)cc3N)CCC[C@]21C.Cl. The highest BCUT2D eigenvalue weighted by Crippen LogP contribution is 2.57. The molecular formula is C27H37ClN2O2. The van der Waals surface area contributed by atoms with Crippen molar-refractivity contribution in [1.29, 1.82) is 0 Å². The summed E-state index contributed by atoms with van der Waals surface area (Å²) < 4.78 is 0. The van der Waals surface area contributed by atoms with E-state index in [0.29, 0.717) is 17.5 Å². The van der Waals surface area contributed by atoms with Crippen LogP contribution < -0.4 is 11.1 Å². The van der Waals surface area contributed by atoms with Crippen molar-refractivity contribution in [3.63, 3.8) is 0 Å². The van der Waals surface area contributed by atoms with Gasteiger partial charge in [0.15, 0.2) is 0 Å². The molecule has 0 aliphatic heterocycles. The molecule has 0 radical (unpaired) electrons. The van der Waals surface area contributed by atoms with E-state index in [1.807, 2.05) is 0 Å². The molecule has 4 N–H and O–H groups in total. The lowest BCUT2D eigenvalue weighted by Gasteiger charge is -2.55. The normalized spacial score (nSPS) is 26.6. The highest BCUT2D eigenvalue weighted by atomic mass is 35.5. The first-order valence-corrected chi connectivity index (χ1v) is 11.6. The lowest BCUT2D eigenvalue weighted by molar-refractivity contribution is 0.0359. The minimum absolute atomic E-state index is 0. The quantitative estimate of drug-likeness (QED) is 0.441. The predicted molar refractivity (Wildman–Crippen MR) is 135 cm³/mol. The Morgan fingerprint density at radius 2 is 1.94 bits per heavy atom. The number of aromatic carboxylic acids is 1. The Hall–Kier alpha value is -2.20. The van der Waals surface area contributed by atoms with Gasteiger partial charge in [-0.25, -0.2) is 4.79 Å². The van der Waals surface area contributed by atoms with Crippen LogP contribution in [0.3, 0.4) is 0 Å². The molecule has 2 aliphatic carbocycles. The Labute approximate surface area is 198 Å². The van der Waals surface area contributed by atoms with Crippen molar-refractivity contribution in [1.82, 2.24) is 0 Å². The molecule has 5 heteroatoms. The van der Waals surface area contributed by atoms with Crippen molar-refractivity contribution in [2.75, 3.05) is 17.6 Å². The lowest BCUT2D eigenvalue weighted by atomic mass is 9.49. The lowest BCUT2D eigenvalue weighted by Crippen LogP contribution is -2.51. The molecule has 0 heterocycles. The van der Waals surface area contributed by atoms with Gasteiger partial charge in [0.1, 0.15) is 0 Å². The van der Waals surface area contributed by atoms with Crippen molar-refractivity contribution in [3.05, 3.63) is 58.7 Å². The molecule has 0 bridgehead atoms. The maximum absolute atomic E-state index is 11.2. The molecule has 3 atom stereocenters. The fraction of sp³-hybridized carbons (Fsp3) is 0.519. The van der Waals surface area contributed by atoms with E-state index in [2.05, 4.69) is 51.2 Å². The standard InChI is InChI=1S/C27H36N2O2.ClH/c1-17(2)18-6-9-21-19(14-18)8-11-24-26(3,12-5-13-27(21,24)4)16-29-23-10-7-20(25(30)31)15-22(23)28;/h6-7,9-10,14-15,17,24,29H,5,8,11-13,16,28H2,1-4H3,(H,30,31);1H/t24-,26+,27+;/m0./s1. The summed E-state index contributed by atoms with van der Waals surface area (Å²) in [4.78, 5) is 11.2. The largest absolute Gasteiger partial charge is 0.478 e. The van der Waals surface area contributed by atoms with E-state index in [1.54, 1.807) is 29.3 Å². The molecule has 1 fully saturated rings. The summed E-state index contributed by atoms with van der Waals surface area (Å²) in [6.07, 6.45) is 6.05. The van der Waals surface area contributed by atoms with Crippen LogP contribution in [0.2, 0.25) is 0 Å². The number of benzene rings is 2. The zero-order valence-corrected chi connectivity index (χ0v) is 20.5. The molecule has 4 nitrogen and oxygen atoms in total. The molecular weight excluding hydrogens is 420 g/mol. The van der Waals surface area contributed by atoms with Gasteiger partial charge in [-0.15, -0.1) is 12.4 Å². The van der Waals surface area contributed by atoms with E-state index in [-0.39, 0.29) is 28.8 Å². The number of anilines is 2. The number of nitrogens with two attached hydrogens (primary N) is 1. The first-order valence-electron chi connectivity index (χ1n) is 11.6. The van der Waals surface area contributed by atoms with Crippen LogP contribution in [0.1, 0.15) is 86.3 Å². The van der Waals surface area contributed by atoms with Gasteiger partial charge in [0.05, 0.1) is 16.9 Å². The summed E-state index contributed by atoms with van der Waals surface area (Å²) in [5, 5.41) is 12.8. The number of hydrogen-bond donors (Lipinski definition) is 3. The van der Waals surface area contributed by atoms with E-state index in [0.717, 1.165) is 18.7 Å². The van der Waals surface area contributed by atoms with Gasteiger partial charge in [0.25, 0.3) is 0 Å². The number of fused-ring (bicyclic) bond motifs is 3. The highest BCUT2D eigenvalue weighted by Gasteiger charge is 2.51. The summed E-state index contributed by atoms with van der Waals surface area (Å²) in [6.45, 7) is 10.3. The fourth-order valence-corrected chi connectivity index (χ4v) is 6.37. The second-order valence-electron chi connectivity index (χ2n) is 10.5. The number of carbonyl (C=O) groups is 1. The van der Waals surface area contributed by atoms with Crippen molar-refractivity contribution in [3.8, 4) is 0 Å². The molecule has 0 aromatic heterocycles. The van der Waals surface area contributed by atoms with Crippen molar-refractivity contribution < 1.29 is 9.90 Å². The van der Waals surface area contributed by atoms with E-state index in [1.165, 1.54) is 31.2 Å². The number of aryl methyl sites for hydroxylation is 1. The molecule has 0 amide bonds. The average molecular weight is 457 g/mol. The second kappa shape index (κ2) is 8.97. The maximum atomic E-state index is 11.2. The summed E-state index contributed by atoms with van der Waals surface area (Å²) >= 11 is 0. The zero-order chi connectivity index (χ0) is 22.4. The van der Waals surface area contributed by atoms with Crippen LogP contribution in [0.5, 0.6) is 0 Å². The number of nitrogens with one attached hydrogen (secondary N) is 1. The third-order valence-corrected chi connectivity index (χ3v) is 8.15. The van der Waals surface area contributed by atoms with Crippen molar-refractivity contribution in [2.24, 2.45) is 11.3 Å². The molecule has 174 valence electrons. The summed E-state index contributed by atoms with van der Waals surface area (Å²) in [5.74, 6) is 0.225. The molecule has 0 spiro atoms.